The molecule has 0 aliphatic heterocycles. The maximum atomic E-state index is 12.1. The van der Waals surface area contributed by atoms with Crippen molar-refractivity contribution in [1.82, 2.24) is 4.98 Å². The van der Waals surface area contributed by atoms with E-state index in [1.54, 1.807) is 0 Å². The number of benzene rings is 2. The van der Waals surface area contributed by atoms with Gasteiger partial charge in [0.25, 0.3) is 5.91 Å². The molecule has 2 aromatic carbocycles. The number of carbonyl (C=O) groups is 1. The number of nitrogens with one attached hydrogen (secondary N) is 2. The van der Waals surface area contributed by atoms with E-state index in [0.29, 0.717) is 11.3 Å². The molecule has 2 aromatic heterocycles. The highest BCUT2D eigenvalue weighted by Crippen LogP contribution is 2.28. The van der Waals surface area contributed by atoms with E-state index in [0.717, 1.165) is 22.3 Å². The molecule has 0 radical (unpaired) electrons. The summed E-state index contributed by atoms with van der Waals surface area (Å²) in [7, 11) is 0. The van der Waals surface area contributed by atoms with Crippen LogP contribution in [0.5, 0.6) is 0 Å². The van der Waals surface area contributed by atoms with Crippen LogP contribution < -0.4 is 10.9 Å². The minimum Gasteiger partial charge on any atom is -0.456 e. The van der Waals surface area contributed by atoms with E-state index in [4.69, 9.17) is 4.42 Å². The standard InChI is InChI=1S/C20H14N2O3/c23-19-10-7-15(12-21-19)20(24)22-16-8-5-13(6-9-16)18-11-14-3-1-2-4-17(14)25-18/h1-12H,(H,21,23)(H,22,24). The first-order valence-electron chi connectivity index (χ1n) is 7.78. The number of rotatable bonds is 3. The van der Waals surface area contributed by atoms with E-state index in [1.807, 2.05) is 54.6 Å². The van der Waals surface area contributed by atoms with Gasteiger partial charge in [-0.1, -0.05) is 18.2 Å². The van der Waals surface area contributed by atoms with Crippen molar-refractivity contribution in [3.63, 3.8) is 0 Å². The number of aromatic amines is 1. The molecular formula is C20H14N2O3. The Balaban J connectivity index is 1.54. The third-order valence-electron chi connectivity index (χ3n) is 3.90. The van der Waals surface area contributed by atoms with E-state index in [2.05, 4.69) is 10.3 Å². The van der Waals surface area contributed by atoms with Gasteiger partial charge < -0.3 is 14.7 Å². The molecule has 0 aliphatic rings. The zero-order valence-corrected chi connectivity index (χ0v) is 13.2. The number of fused-ring (bicyclic) bond motifs is 1. The smallest absolute Gasteiger partial charge is 0.257 e. The van der Waals surface area contributed by atoms with Crippen LogP contribution in [0.1, 0.15) is 10.4 Å². The molecule has 0 spiro atoms. The van der Waals surface area contributed by atoms with Gasteiger partial charge in [0, 0.05) is 28.9 Å². The Kier molecular flexibility index (Phi) is 3.67. The number of hydrogen-bond donors (Lipinski definition) is 2. The van der Waals surface area contributed by atoms with Gasteiger partial charge in [0.05, 0.1) is 5.56 Å². The minimum atomic E-state index is -0.285. The first-order chi connectivity index (χ1) is 12.2. The zero-order valence-electron chi connectivity index (χ0n) is 13.2. The van der Waals surface area contributed by atoms with Crippen molar-refractivity contribution < 1.29 is 9.21 Å². The van der Waals surface area contributed by atoms with Gasteiger partial charge >= 0.3 is 0 Å². The SMILES string of the molecule is O=C(Nc1ccc(-c2cc3ccccc3o2)cc1)c1ccc(=O)[nH]c1. The quantitative estimate of drug-likeness (QED) is 0.595. The summed E-state index contributed by atoms with van der Waals surface area (Å²) in [5.41, 5.74) is 2.58. The highest BCUT2D eigenvalue weighted by Gasteiger charge is 2.08. The zero-order chi connectivity index (χ0) is 17.2. The van der Waals surface area contributed by atoms with Gasteiger partial charge in [-0.15, -0.1) is 0 Å². The summed E-state index contributed by atoms with van der Waals surface area (Å²) in [5.74, 6) is 0.493. The molecule has 122 valence electrons. The minimum absolute atomic E-state index is 0.244. The van der Waals surface area contributed by atoms with Crippen LogP contribution in [-0.2, 0) is 0 Å². The molecule has 0 aliphatic carbocycles. The van der Waals surface area contributed by atoms with Crippen LogP contribution in [0, 0.1) is 0 Å². The molecule has 25 heavy (non-hydrogen) atoms. The number of carbonyl (C=O) groups excluding carboxylic acids is 1. The number of furan rings is 1. The predicted molar refractivity (Wildman–Crippen MR) is 96.7 cm³/mol. The summed E-state index contributed by atoms with van der Waals surface area (Å²) >= 11 is 0. The number of H-pyrrole nitrogens is 1. The van der Waals surface area contributed by atoms with E-state index in [1.165, 1.54) is 18.3 Å². The number of aromatic nitrogens is 1. The molecule has 4 aromatic rings. The van der Waals surface area contributed by atoms with Gasteiger partial charge in [0.2, 0.25) is 5.56 Å². The lowest BCUT2D eigenvalue weighted by atomic mass is 10.1. The fourth-order valence-electron chi connectivity index (χ4n) is 2.60. The Bertz CT molecular complexity index is 1050. The third-order valence-corrected chi connectivity index (χ3v) is 3.90. The summed E-state index contributed by atoms with van der Waals surface area (Å²) in [6.07, 6.45) is 1.39. The summed E-state index contributed by atoms with van der Waals surface area (Å²) in [5, 5.41) is 3.84. The lowest BCUT2D eigenvalue weighted by Crippen LogP contribution is -2.14. The molecule has 4 rings (SSSR count). The second-order valence-electron chi connectivity index (χ2n) is 5.62. The van der Waals surface area contributed by atoms with Crippen molar-refractivity contribution in [1.29, 1.82) is 0 Å². The van der Waals surface area contributed by atoms with E-state index >= 15 is 0 Å². The Morgan fingerprint density at radius 3 is 2.48 bits per heavy atom. The summed E-state index contributed by atoms with van der Waals surface area (Å²) in [6.45, 7) is 0. The summed E-state index contributed by atoms with van der Waals surface area (Å²) < 4.78 is 5.83. The molecule has 1 amide bonds. The average molecular weight is 330 g/mol. The predicted octanol–water partition coefficient (Wildman–Crippen LogP) is 4.04. The van der Waals surface area contributed by atoms with Gasteiger partial charge in [-0.2, -0.15) is 0 Å². The molecule has 0 unspecified atom stereocenters. The Morgan fingerprint density at radius 2 is 1.76 bits per heavy atom. The second kappa shape index (κ2) is 6.13. The summed E-state index contributed by atoms with van der Waals surface area (Å²) in [4.78, 5) is 25.7. The first-order valence-corrected chi connectivity index (χ1v) is 7.78. The monoisotopic (exact) mass is 330 g/mol. The van der Waals surface area contributed by atoms with Crippen LogP contribution in [0.4, 0.5) is 5.69 Å². The number of para-hydroxylation sites is 1. The van der Waals surface area contributed by atoms with Gasteiger partial charge in [0.15, 0.2) is 0 Å². The molecule has 0 bridgehead atoms. The Hall–Kier alpha value is -3.60. The van der Waals surface area contributed by atoms with Crippen LogP contribution >= 0.6 is 0 Å². The van der Waals surface area contributed by atoms with Crippen molar-refractivity contribution in [2.24, 2.45) is 0 Å². The molecule has 5 heteroatoms. The topological polar surface area (TPSA) is 75.1 Å². The van der Waals surface area contributed by atoms with Crippen molar-refractivity contribution in [3.8, 4) is 11.3 Å². The van der Waals surface area contributed by atoms with Crippen molar-refractivity contribution >= 4 is 22.6 Å². The fraction of sp³-hybridized carbons (Fsp3) is 0. The van der Waals surface area contributed by atoms with Crippen LogP contribution in [-0.4, -0.2) is 10.9 Å². The van der Waals surface area contributed by atoms with E-state index in [-0.39, 0.29) is 11.5 Å². The van der Waals surface area contributed by atoms with Gasteiger partial charge in [-0.3, -0.25) is 9.59 Å². The molecule has 2 heterocycles. The van der Waals surface area contributed by atoms with Gasteiger partial charge in [0.1, 0.15) is 11.3 Å². The van der Waals surface area contributed by atoms with Crippen LogP contribution in [0.2, 0.25) is 0 Å². The maximum absolute atomic E-state index is 12.1. The van der Waals surface area contributed by atoms with Gasteiger partial charge in [-0.05, 0) is 42.5 Å². The van der Waals surface area contributed by atoms with Crippen molar-refractivity contribution in [2.75, 3.05) is 5.32 Å². The maximum Gasteiger partial charge on any atom is 0.257 e. The van der Waals surface area contributed by atoms with Crippen molar-refractivity contribution in [2.45, 2.75) is 0 Å². The number of amides is 1. The first kappa shape index (κ1) is 15.0. The van der Waals surface area contributed by atoms with E-state index < -0.39 is 0 Å². The number of hydrogen-bond acceptors (Lipinski definition) is 3. The van der Waals surface area contributed by atoms with Crippen LogP contribution in [0.25, 0.3) is 22.3 Å². The van der Waals surface area contributed by atoms with Crippen molar-refractivity contribution in [3.05, 3.63) is 88.8 Å². The van der Waals surface area contributed by atoms with Crippen LogP contribution in [0.15, 0.2) is 82.1 Å². The molecule has 5 nitrogen and oxygen atoms in total. The molecule has 2 N–H and O–H groups in total. The Labute approximate surface area is 142 Å². The van der Waals surface area contributed by atoms with E-state index in [9.17, 15) is 9.59 Å². The number of pyridine rings is 1. The lowest BCUT2D eigenvalue weighted by molar-refractivity contribution is 0.102. The summed E-state index contributed by atoms with van der Waals surface area (Å²) in [6, 6.07) is 20.0. The molecule has 0 saturated carbocycles. The Morgan fingerprint density at radius 1 is 0.960 bits per heavy atom. The van der Waals surface area contributed by atoms with Gasteiger partial charge in [-0.25, -0.2) is 0 Å². The fourth-order valence-corrected chi connectivity index (χ4v) is 2.60. The second-order valence-corrected chi connectivity index (χ2v) is 5.62. The third kappa shape index (κ3) is 3.07. The molecular weight excluding hydrogens is 316 g/mol. The molecule has 0 atom stereocenters. The normalized spacial score (nSPS) is 10.7. The highest BCUT2D eigenvalue weighted by atomic mass is 16.3. The molecule has 0 fully saturated rings. The molecule has 0 saturated heterocycles. The average Bonchev–Trinajstić information content (AvgIpc) is 3.07. The van der Waals surface area contributed by atoms with Crippen LogP contribution in [0.3, 0.4) is 0 Å². The number of anilines is 1. The largest absolute Gasteiger partial charge is 0.456 e. The highest BCUT2D eigenvalue weighted by molar-refractivity contribution is 6.04. The lowest BCUT2D eigenvalue weighted by Gasteiger charge is -2.05.